The minimum absolute atomic E-state index is 0.0149. The van der Waals surface area contributed by atoms with Crippen molar-refractivity contribution < 1.29 is 14.4 Å². The lowest BCUT2D eigenvalue weighted by atomic mass is 9.94. The first-order chi connectivity index (χ1) is 7.79. The molecule has 0 rings (SSSR count). The number of hydrogen-bond donors (Lipinski definition) is 1. The van der Waals surface area contributed by atoms with Crippen LogP contribution in [-0.4, -0.2) is 28.8 Å². The molecule has 98 valence electrons. The number of carbonyl (C=O) groups is 3. The zero-order chi connectivity index (χ0) is 13.6. The molecule has 1 unspecified atom stereocenters. The highest BCUT2D eigenvalue weighted by Gasteiger charge is 2.26. The van der Waals surface area contributed by atoms with Crippen molar-refractivity contribution in [3.8, 4) is 0 Å². The molecule has 0 aliphatic carbocycles. The van der Waals surface area contributed by atoms with Gasteiger partial charge >= 0.3 is 0 Å². The number of Topliss-reactive ketones (excluding diaryl/α,β-unsaturated/α-hetero) is 2. The number of ketones is 2. The van der Waals surface area contributed by atoms with Crippen LogP contribution < -0.4 is 5.32 Å². The summed E-state index contributed by atoms with van der Waals surface area (Å²) in [6.07, 6.45) is 0.0768. The summed E-state index contributed by atoms with van der Waals surface area (Å²) in [5.41, 5.74) is 0. The lowest BCUT2D eigenvalue weighted by Gasteiger charge is -2.19. The van der Waals surface area contributed by atoms with Crippen LogP contribution in [0.4, 0.5) is 0 Å². The van der Waals surface area contributed by atoms with Crippen molar-refractivity contribution in [3.05, 3.63) is 0 Å². The molecular weight excluding hydrogens is 286 g/mol. The van der Waals surface area contributed by atoms with Crippen molar-refractivity contribution in [2.45, 2.75) is 40.2 Å². The number of rotatable bonds is 7. The normalized spacial score (nSPS) is 12.6. The number of hydrogen-bond acceptors (Lipinski definition) is 3. The maximum Gasteiger partial charge on any atom is 0.231 e. The van der Waals surface area contributed by atoms with Crippen LogP contribution in [0.15, 0.2) is 0 Å². The van der Waals surface area contributed by atoms with E-state index in [1.165, 1.54) is 0 Å². The second kappa shape index (κ2) is 7.58. The van der Waals surface area contributed by atoms with Gasteiger partial charge in [0.1, 0.15) is 5.78 Å². The van der Waals surface area contributed by atoms with Crippen LogP contribution >= 0.6 is 15.9 Å². The van der Waals surface area contributed by atoms with Crippen molar-refractivity contribution in [2.75, 3.05) is 5.33 Å². The quantitative estimate of drug-likeness (QED) is 0.728. The third-order valence-electron chi connectivity index (χ3n) is 2.42. The Morgan fingerprint density at radius 2 is 1.59 bits per heavy atom. The number of halogens is 1. The zero-order valence-electron chi connectivity index (χ0n) is 10.7. The maximum absolute atomic E-state index is 11.9. The molecule has 17 heavy (non-hydrogen) atoms. The van der Waals surface area contributed by atoms with Gasteiger partial charge in [0.25, 0.3) is 0 Å². The van der Waals surface area contributed by atoms with Crippen LogP contribution in [0, 0.1) is 11.8 Å². The molecule has 0 bridgehead atoms. The molecule has 0 heterocycles. The van der Waals surface area contributed by atoms with Gasteiger partial charge in [-0.1, -0.05) is 43.6 Å². The topological polar surface area (TPSA) is 63.2 Å². The molecule has 0 fully saturated rings. The van der Waals surface area contributed by atoms with Gasteiger partial charge in [-0.2, -0.15) is 0 Å². The molecule has 0 radical (unpaired) electrons. The smallest absolute Gasteiger partial charge is 0.231 e. The molecular formula is C12H20BrNO3. The minimum atomic E-state index is -0.699. The first-order valence-corrected chi connectivity index (χ1v) is 6.83. The number of nitrogens with one attached hydrogen (secondary N) is 1. The van der Waals surface area contributed by atoms with E-state index in [-0.39, 0.29) is 41.1 Å². The highest BCUT2D eigenvalue weighted by molar-refractivity contribution is 9.09. The van der Waals surface area contributed by atoms with Crippen molar-refractivity contribution >= 4 is 33.4 Å². The van der Waals surface area contributed by atoms with E-state index in [0.717, 1.165) is 0 Å². The van der Waals surface area contributed by atoms with Gasteiger partial charge in [0, 0.05) is 18.3 Å². The van der Waals surface area contributed by atoms with Gasteiger partial charge in [0.05, 0.1) is 11.4 Å². The summed E-state index contributed by atoms with van der Waals surface area (Å²) in [5.74, 6) is -0.721. The summed E-state index contributed by atoms with van der Waals surface area (Å²) in [6.45, 7) is 7.09. The van der Waals surface area contributed by atoms with Crippen molar-refractivity contribution in [2.24, 2.45) is 11.8 Å². The van der Waals surface area contributed by atoms with E-state index in [4.69, 9.17) is 0 Å². The van der Waals surface area contributed by atoms with Crippen LogP contribution in [0.5, 0.6) is 0 Å². The Kier molecular flexibility index (Phi) is 7.27. The maximum atomic E-state index is 11.9. The van der Waals surface area contributed by atoms with E-state index < -0.39 is 6.04 Å². The summed E-state index contributed by atoms with van der Waals surface area (Å²) in [4.78, 5) is 34.8. The van der Waals surface area contributed by atoms with E-state index in [2.05, 4.69) is 21.2 Å². The SMILES string of the molecule is CC(C)C(=O)CC(NC(=O)CBr)C(=O)C(C)C. The summed E-state index contributed by atoms with van der Waals surface area (Å²) in [5, 5.41) is 2.71. The van der Waals surface area contributed by atoms with Crippen LogP contribution in [0.1, 0.15) is 34.1 Å². The van der Waals surface area contributed by atoms with Gasteiger partial charge < -0.3 is 5.32 Å². The van der Waals surface area contributed by atoms with Gasteiger partial charge in [0.15, 0.2) is 5.78 Å². The molecule has 0 aliphatic rings. The highest BCUT2D eigenvalue weighted by atomic mass is 79.9. The molecule has 4 nitrogen and oxygen atoms in total. The number of alkyl halides is 1. The molecule has 0 aromatic heterocycles. The molecule has 1 atom stereocenters. The Morgan fingerprint density at radius 1 is 1.06 bits per heavy atom. The average molecular weight is 306 g/mol. The van der Waals surface area contributed by atoms with E-state index >= 15 is 0 Å². The van der Waals surface area contributed by atoms with Crippen LogP contribution in [0.25, 0.3) is 0 Å². The van der Waals surface area contributed by atoms with Gasteiger partial charge in [0.2, 0.25) is 5.91 Å². The van der Waals surface area contributed by atoms with Crippen LogP contribution in [-0.2, 0) is 14.4 Å². The first-order valence-electron chi connectivity index (χ1n) is 5.71. The molecule has 0 saturated carbocycles. The molecule has 1 N–H and O–H groups in total. The van der Waals surface area contributed by atoms with Crippen LogP contribution in [0.3, 0.4) is 0 Å². The van der Waals surface area contributed by atoms with E-state index in [1.54, 1.807) is 27.7 Å². The fourth-order valence-electron chi connectivity index (χ4n) is 1.29. The van der Waals surface area contributed by atoms with Crippen molar-refractivity contribution in [3.63, 3.8) is 0 Å². The molecule has 0 aromatic carbocycles. The summed E-state index contributed by atoms with van der Waals surface area (Å²) >= 11 is 3.02. The van der Waals surface area contributed by atoms with Gasteiger partial charge in [-0.3, -0.25) is 14.4 Å². The Morgan fingerprint density at radius 3 is 1.94 bits per heavy atom. The predicted molar refractivity (Wildman–Crippen MR) is 70.0 cm³/mol. The fourth-order valence-corrected chi connectivity index (χ4v) is 1.46. The Hall–Kier alpha value is -0.710. The second-order valence-corrected chi connectivity index (χ2v) is 5.20. The Bertz CT molecular complexity index is 300. The molecule has 5 heteroatoms. The van der Waals surface area contributed by atoms with Gasteiger partial charge in [-0.15, -0.1) is 0 Å². The monoisotopic (exact) mass is 305 g/mol. The third-order valence-corrected chi connectivity index (χ3v) is 2.93. The largest absolute Gasteiger partial charge is 0.345 e. The zero-order valence-corrected chi connectivity index (χ0v) is 12.3. The number of amides is 1. The predicted octanol–water partition coefficient (Wildman–Crippen LogP) is 1.71. The first kappa shape index (κ1) is 16.3. The fraction of sp³-hybridized carbons (Fsp3) is 0.750. The van der Waals surface area contributed by atoms with E-state index in [1.807, 2.05) is 0 Å². The third kappa shape index (κ3) is 5.96. The lowest BCUT2D eigenvalue weighted by molar-refractivity contribution is -0.131. The molecule has 0 spiro atoms. The van der Waals surface area contributed by atoms with E-state index in [0.29, 0.717) is 0 Å². The molecule has 0 saturated heterocycles. The van der Waals surface area contributed by atoms with Crippen LogP contribution in [0.2, 0.25) is 0 Å². The van der Waals surface area contributed by atoms with Crippen molar-refractivity contribution in [1.82, 2.24) is 5.32 Å². The summed E-state index contributed by atoms with van der Waals surface area (Å²) < 4.78 is 0. The highest BCUT2D eigenvalue weighted by Crippen LogP contribution is 2.08. The Balaban J connectivity index is 4.68. The standard InChI is InChI=1S/C12H20BrNO3/c1-7(2)10(15)5-9(12(17)8(3)4)14-11(16)6-13/h7-9H,5-6H2,1-4H3,(H,14,16). The average Bonchev–Trinajstić information content (AvgIpc) is 2.26. The summed E-state index contributed by atoms with van der Waals surface area (Å²) in [7, 11) is 0. The Labute approximate surface area is 111 Å². The van der Waals surface area contributed by atoms with Gasteiger partial charge in [-0.05, 0) is 0 Å². The summed E-state index contributed by atoms with van der Waals surface area (Å²) in [6, 6.07) is -0.699. The minimum Gasteiger partial charge on any atom is -0.345 e. The second-order valence-electron chi connectivity index (χ2n) is 4.64. The molecule has 1 amide bonds. The molecule has 0 aliphatic heterocycles. The number of carbonyl (C=O) groups excluding carboxylic acids is 3. The molecule has 0 aromatic rings. The van der Waals surface area contributed by atoms with Gasteiger partial charge in [-0.25, -0.2) is 0 Å². The van der Waals surface area contributed by atoms with Crippen molar-refractivity contribution in [1.29, 1.82) is 0 Å². The lowest BCUT2D eigenvalue weighted by Crippen LogP contribution is -2.45. The van der Waals surface area contributed by atoms with E-state index in [9.17, 15) is 14.4 Å².